The summed E-state index contributed by atoms with van der Waals surface area (Å²) < 4.78 is 32.9. The molecule has 30 heavy (non-hydrogen) atoms. The zero-order valence-electron chi connectivity index (χ0n) is 15.8. The van der Waals surface area contributed by atoms with Gasteiger partial charge in [0.15, 0.2) is 5.76 Å². The van der Waals surface area contributed by atoms with Crippen LogP contribution in [0.4, 0.5) is 5.69 Å². The Bertz CT molecular complexity index is 1290. The molecule has 0 unspecified atom stereocenters. The molecule has 0 radical (unpaired) electrons. The van der Waals surface area contributed by atoms with Crippen LogP contribution >= 0.6 is 11.3 Å². The summed E-state index contributed by atoms with van der Waals surface area (Å²) in [7, 11) is -3.63. The van der Waals surface area contributed by atoms with E-state index in [9.17, 15) is 13.2 Å². The van der Waals surface area contributed by atoms with Crippen LogP contribution in [0.3, 0.4) is 0 Å². The minimum absolute atomic E-state index is 0.222. The number of amides is 1. The monoisotopic (exact) mass is 439 g/mol. The molecule has 2 N–H and O–H groups in total. The second kappa shape index (κ2) is 8.13. The van der Waals surface area contributed by atoms with Crippen LogP contribution in [0.2, 0.25) is 0 Å². The first-order valence-corrected chi connectivity index (χ1v) is 11.3. The summed E-state index contributed by atoms with van der Waals surface area (Å²) in [6.07, 6.45) is 0. The maximum Gasteiger partial charge on any atom is 0.271 e. The van der Waals surface area contributed by atoms with Gasteiger partial charge in [0.1, 0.15) is 15.5 Å². The van der Waals surface area contributed by atoms with Crippen molar-refractivity contribution in [2.45, 2.75) is 11.1 Å². The third-order valence-corrected chi connectivity index (χ3v) is 7.05. The van der Waals surface area contributed by atoms with Crippen LogP contribution in [-0.4, -0.2) is 20.0 Å². The zero-order valence-corrected chi connectivity index (χ0v) is 17.5. The Morgan fingerprint density at radius 3 is 2.50 bits per heavy atom. The minimum atomic E-state index is -3.63. The second-order valence-electron chi connectivity index (χ2n) is 6.40. The van der Waals surface area contributed by atoms with Crippen LogP contribution in [-0.2, 0) is 10.0 Å². The van der Waals surface area contributed by atoms with Gasteiger partial charge in [0.05, 0.1) is 0 Å². The van der Waals surface area contributed by atoms with Gasteiger partial charge in [-0.25, -0.2) is 13.8 Å². The lowest BCUT2D eigenvalue weighted by Crippen LogP contribution is -2.19. The van der Waals surface area contributed by atoms with Crippen molar-refractivity contribution >= 4 is 49.6 Å². The highest BCUT2D eigenvalue weighted by molar-refractivity contribution is 7.94. The van der Waals surface area contributed by atoms with Gasteiger partial charge < -0.3 is 4.42 Å². The van der Waals surface area contributed by atoms with Gasteiger partial charge in [-0.05, 0) is 54.8 Å². The molecule has 2 aromatic heterocycles. The number of furan rings is 1. The number of para-hydroxylation sites is 1. The van der Waals surface area contributed by atoms with E-state index < -0.39 is 15.9 Å². The number of hydrogen-bond donors (Lipinski definition) is 2. The highest BCUT2D eigenvalue weighted by atomic mass is 32.2. The lowest BCUT2D eigenvalue weighted by molar-refractivity contribution is 0.0955. The molecule has 1 amide bonds. The van der Waals surface area contributed by atoms with Gasteiger partial charge in [0, 0.05) is 16.6 Å². The van der Waals surface area contributed by atoms with E-state index in [4.69, 9.17) is 4.42 Å². The summed E-state index contributed by atoms with van der Waals surface area (Å²) in [4.78, 5) is 12.4. The first-order chi connectivity index (χ1) is 14.4. The molecule has 0 saturated carbocycles. The number of nitrogens with zero attached hydrogens (tertiary/aromatic N) is 1. The molecule has 0 spiro atoms. The average molecular weight is 440 g/mol. The molecule has 2 aromatic carbocycles. The van der Waals surface area contributed by atoms with Gasteiger partial charge in [-0.15, -0.1) is 11.3 Å². The van der Waals surface area contributed by atoms with E-state index in [1.165, 1.54) is 30.3 Å². The summed E-state index contributed by atoms with van der Waals surface area (Å²) in [5, 5.41) is 6.74. The van der Waals surface area contributed by atoms with E-state index in [0.29, 0.717) is 22.7 Å². The molecular weight excluding hydrogens is 422 g/mol. The Kier molecular flexibility index (Phi) is 5.39. The Morgan fingerprint density at radius 1 is 1.03 bits per heavy atom. The largest absolute Gasteiger partial charge is 0.455 e. The Morgan fingerprint density at radius 2 is 1.80 bits per heavy atom. The Balaban J connectivity index is 1.43. The molecule has 0 fully saturated rings. The topological polar surface area (TPSA) is 101 Å². The van der Waals surface area contributed by atoms with Crippen molar-refractivity contribution in [1.29, 1.82) is 0 Å². The zero-order chi connectivity index (χ0) is 21.1. The van der Waals surface area contributed by atoms with Crippen molar-refractivity contribution in [2.75, 3.05) is 4.72 Å². The number of carbonyl (C=O) groups is 1. The van der Waals surface area contributed by atoms with Crippen LogP contribution in [0.5, 0.6) is 0 Å². The summed E-state index contributed by atoms with van der Waals surface area (Å²) in [6.45, 7) is 1.74. The van der Waals surface area contributed by atoms with Crippen LogP contribution < -0.4 is 10.1 Å². The van der Waals surface area contributed by atoms with E-state index in [1.54, 1.807) is 18.4 Å². The maximum absolute atomic E-state index is 12.4. The fourth-order valence-electron chi connectivity index (χ4n) is 2.73. The van der Waals surface area contributed by atoms with E-state index in [2.05, 4.69) is 15.2 Å². The number of anilines is 1. The summed E-state index contributed by atoms with van der Waals surface area (Å²) >= 11 is 1.13. The molecule has 0 aliphatic heterocycles. The molecule has 152 valence electrons. The van der Waals surface area contributed by atoms with Crippen LogP contribution in [0.25, 0.3) is 11.0 Å². The van der Waals surface area contributed by atoms with Crippen LogP contribution in [0.15, 0.2) is 85.8 Å². The highest BCUT2D eigenvalue weighted by Crippen LogP contribution is 2.21. The van der Waals surface area contributed by atoms with Gasteiger partial charge in [-0.2, -0.15) is 5.10 Å². The SMILES string of the molecule is C/C(=N\NC(=O)c1ccc(NS(=O)(=O)c2cccs2)cc1)c1cc2ccccc2o1. The highest BCUT2D eigenvalue weighted by Gasteiger charge is 2.15. The van der Waals surface area contributed by atoms with Gasteiger partial charge in [-0.1, -0.05) is 24.3 Å². The van der Waals surface area contributed by atoms with Crippen LogP contribution in [0, 0.1) is 0 Å². The van der Waals surface area contributed by atoms with Gasteiger partial charge in [0.2, 0.25) is 0 Å². The van der Waals surface area contributed by atoms with E-state index in [-0.39, 0.29) is 4.21 Å². The number of nitrogens with one attached hydrogen (secondary N) is 2. The third-order valence-electron chi connectivity index (χ3n) is 4.27. The third kappa shape index (κ3) is 4.27. The number of hydrazone groups is 1. The second-order valence-corrected chi connectivity index (χ2v) is 9.26. The lowest BCUT2D eigenvalue weighted by Gasteiger charge is -2.07. The fraction of sp³-hybridized carbons (Fsp3) is 0.0476. The van der Waals surface area contributed by atoms with Crippen molar-refractivity contribution in [3.05, 3.63) is 83.4 Å². The average Bonchev–Trinajstić information content (AvgIpc) is 3.42. The van der Waals surface area contributed by atoms with E-state index in [1.807, 2.05) is 30.3 Å². The number of fused-ring (bicyclic) bond motifs is 1. The number of rotatable bonds is 6. The van der Waals surface area contributed by atoms with Crippen LogP contribution in [0.1, 0.15) is 23.0 Å². The van der Waals surface area contributed by atoms with Crippen molar-refractivity contribution < 1.29 is 17.6 Å². The van der Waals surface area contributed by atoms with E-state index in [0.717, 1.165) is 22.3 Å². The molecule has 0 saturated heterocycles. The summed E-state index contributed by atoms with van der Waals surface area (Å²) in [5.41, 5.74) is 4.46. The molecule has 0 aliphatic rings. The molecule has 0 atom stereocenters. The van der Waals surface area contributed by atoms with Crippen molar-refractivity contribution in [3.63, 3.8) is 0 Å². The van der Waals surface area contributed by atoms with Gasteiger partial charge in [-0.3, -0.25) is 9.52 Å². The number of hydrogen-bond acceptors (Lipinski definition) is 6. The van der Waals surface area contributed by atoms with Crippen molar-refractivity contribution in [2.24, 2.45) is 5.10 Å². The number of thiophene rings is 1. The summed E-state index contributed by atoms with van der Waals surface area (Å²) in [6, 6.07) is 18.7. The summed E-state index contributed by atoms with van der Waals surface area (Å²) in [5.74, 6) is 0.146. The Hall–Kier alpha value is -3.43. The first kappa shape index (κ1) is 19.9. The molecule has 4 aromatic rings. The fourth-order valence-corrected chi connectivity index (χ4v) is 4.78. The predicted molar refractivity (Wildman–Crippen MR) is 117 cm³/mol. The number of sulfonamides is 1. The molecule has 7 nitrogen and oxygen atoms in total. The maximum atomic E-state index is 12.4. The first-order valence-electron chi connectivity index (χ1n) is 8.92. The number of benzene rings is 2. The standard InChI is InChI=1S/C21H17N3O4S2/c1-14(19-13-16-5-2-3-6-18(16)28-19)22-23-21(25)15-8-10-17(11-9-15)24-30(26,27)20-7-4-12-29-20/h2-13,24H,1H3,(H,23,25)/b22-14+. The molecule has 2 heterocycles. The predicted octanol–water partition coefficient (Wildman–Crippen LogP) is 4.45. The minimum Gasteiger partial charge on any atom is -0.455 e. The van der Waals surface area contributed by atoms with Gasteiger partial charge in [0.25, 0.3) is 15.9 Å². The molecule has 0 bridgehead atoms. The van der Waals surface area contributed by atoms with Crippen molar-refractivity contribution in [1.82, 2.24) is 5.43 Å². The number of carbonyl (C=O) groups excluding carboxylic acids is 1. The molecule has 9 heteroatoms. The molecule has 4 rings (SSSR count). The van der Waals surface area contributed by atoms with E-state index >= 15 is 0 Å². The smallest absolute Gasteiger partial charge is 0.271 e. The molecule has 0 aliphatic carbocycles. The van der Waals surface area contributed by atoms with Gasteiger partial charge >= 0.3 is 0 Å². The molecular formula is C21H17N3O4S2. The normalized spacial score (nSPS) is 12.1. The lowest BCUT2D eigenvalue weighted by atomic mass is 10.2. The quantitative estimate of drug-likeness (QED) is 0.342. The van der Waals surface area contributed by atoms with Crippen molar-refractivity contribution in [3.8, 4) is 0 Å². The Labute approximate surface area is 177 Å².